The number of nitrogen functional groups attached to an aromatic ring is 1. The molecule has 0 aliphatic heterocycles. The Morgan fingerprint density at radius 3 is 2.64 bits per heavy atom. The fourth-order valence-corrected chi connectivity index (χ4v) is 3.36. The predicted octanol–water partition coefficient (Wildman–Crippen LogP) is 3.81. The number of nitriles is 1. The number of rotatable bonds is 3. The van der Waals surface area contributed by atoms with Gasteiger partial charge in [0.25, 0.3) is 0 Å². The van der Waals surface area contributed by atoms with Crippen molar-refractivity contribution in [2.75, 3.05) is 20.0 Å². The summed E-state index contributed by atoms with van der Waals surface area (Å²) in [5.41, 5.74) is 8.09. The molecule has 6 nitrogen and oxygen atoms in total. The van der Waals surface area contributed by atoms with Gasteiger partial charge in [0.1, 0.15) is 17.2 Å². The van der Waals surface area contributed by atoms with Crippen molar-refractivity contribution in [1.29, 1.82) is 10.7 Å². The number of nitrogens with two attached hydrogens (primary N) is 1. The van der Waals surface area contributed by atoms with Crippen LogP contribution in [-0.4, -0.2) is 14.2 Å². The summed E-state index contributed by atoms with van der Waals surface area (Å²) in [5, 5.41) is 18.2. The summed E-state index contributed by atoms with van der Waals surface area (Å²) < 4.78 is 16.8. The lowest BCUT2D eigenvalue weighted by molar-refractivity contribution is 0.353. The molecule has 126 valence electrons. The van der Waals surface area contributed by atoms with Crippen molar-refractivity contribution in [3.8, 4) is 28.7 Å². The summed E-state index contributed by atoms with van der Waals surface area (Å²) >= 11 is 3.45. The van der Waals surface area contributed by atoms with E-state index in [0.717, 1.165) is 0 Å². The van der Waals surface area contributed by atoms with Crippen LogP contribution in [0.3, 0.4) is 0 Å². The number of ether oxygens (including phenoxy) is 2. The van der Waals surface area contributed by atoms with E-state index in [2.05, 4.69) is 15.9 Å². The molecule has 0 radical (unpaired) electrons. The molecule has 0 saturated heterocycles. The molecule has 3 N–H and O–H groups in total. The van der Waals surface area contributed by atoms with Gasteiger partial charge in [0.2, 0.25) is 5.55 Å². The number of benzene rings is 2. The normalized spacial score (nSPS) is 10.5. The highest BCUT2D eigenvalue weighted by Gasteiger charge is 2.20. The average Bonchev–Trinajstić information content (AvgIpc) is 2.60. The van der Waals surface area contributed by atoms with E-state index in [9.17, 15) is 5.26 Å². The lowest BCUT2D eigenvalue weighted by Gasteiger charge is -2.15. The standard InChI is InChI=1S/C18H14BrN3O3/c1-23-14-7-9(6-11(19)17(14)24-2)15-10(8-20)18(22)25-13-5-3-4-12(21)16(13)15/h3-7,22H,21H2,1-2H3. The van der Waals surface area contributed by atoms with Crippen molar-refractivity contribution in [2.24, 2.45) is 0 Å². The Labute approximate surface area is 152 Å². The number of hydrogen-bond acceptors (Lipinski definition) is 6. The molecular formula is C18H14BrN3O3. The molecular weight excluding hydrogens is 386 g/mol. The van der Waals surface area contributed by atoms with Crippen LogP contribution >= 0.6 is 15.9 Å². The maximum atomic E-state index is 9.57. The smallest absolute Gasteiger partial charge is 0.230 e. The highest BCUT2D eigenvalue weighted by Crippen LogP contribution is 2.42. The zero-order valence-corrected chi connectivity index (χ0v) is 15.1. The minimum Gasteiger partial charge on any atom is -0.493 e. The van der Waals surface area contributed by atoms with Crippen LogP contribution in [0.2, 0.25) is 0 Å². The van der Waals surface area contributed by atoms with Crippen molar-refractivity contribution >= 4 is 32.6 Å². The fraction of sp³-hybridized carbons (Fsp3) is 0.111. The topological polar surface area (TPSA) is 105 Å². The van der Waals surface area contributed by atoms with E-state index in [4.69, 9.17) is 25.0 Å². The Hall–Kier alpha value is -2.98. The second-order valence-electron chi connectivity index (χ2n) is 5.21. The molecule has 0 atom stereocenters. The van der Waals surface area contributed by atoms with Crippen LogP contribution in [0.1, 0.15) is 5.56 Å². The largest absolute Gasteiger partial charge is 0.493 e. The van der Waals surface area contributed by atoms with E-state index in [1.807, 2.05) is 6.07 Å². The average molecular weight is 400 g/mol. The van der Waals surface area contributed by atoms with Crippen LogP contribution in [0.5, 0.6) is 11.5 Å². The minimum absolute atomic E-state index is 0.101. The highest BCUT2D eigenvalue weighted by molar-refractivity contribution is 9.10. The van der Waals surface area contributed by atoms with Crippen LogP contribution in [0.25, 0.3) is 22.1 Å². The van der Waals surface area contributed by atoms with Gasteiger partial charge in [0, 0.05) is 16.6 Å². The third-order valence-corrected chi connectivity index (χ3v) is 4.42. The molecule has 0 aliphatic rings. The monoisotopic (exact) mass is 399 g/mol. The van der Waals surface area contributed by atoms with Gasteiger partial charge in [0.05, 0.1) is 18.7 Å². The molecule has 0 unspecified atom stereocenters. The first-order valence-corrected chi connectivity index (χ1v) is 8.03. The molecule has 0 aliphatic carbocycles. The Kier molecular flexibility index (Phi) is 4.38. The Morgan fingerprint density at radius 2 is 2.00 bits per heavy atom. The van der Waals surface area contributed by atoms with Gasteiger partial charge in [-0.3, -0.25) is 5.41 Å². The maximum Gasteiger partial charge on any atom is 0.230 e. The number of hydrogen-bond donors (Lipinski definition) is 2. The number of nitrogens with zero attached hydrogens (tertiary/aromatic N) is 1. The van der Waals surface area contributed by atoms with Gasteiger partial charge in [-0.1, -0.05) is 6.07 Å². The SMILES string of the molecule is COc1cc(-c2c(C#N)c(=N)oc3cccc(N)c23)cc(Br)c1OC. The third kappa shape index (κ3) is 2.71. The number of halogens is 1. The highest BCUT2D eigenvalue weighted by atomic mass is 79.9. The van der Waals surface area contributed by atoms with Crippen molar-refractivity contribution in [3.63, 3.8) is 0 Å². The molecule has 25 heavy (non-hydrogen) atoms. The number of methoxy groups -OCH3 is 2. The van der Waals surface area contributed by atoms with Crippen LogP contribution in [0.4, 0.5) is 5.69 Å². The van der Waals surface area contributed by atoms with E-state index < -0.39 is 0 Å². The van der Waals surface area contributed by atoms with Crippen molar-refractivity contribution < 1.29 is 13.9 Å². The van der Waals surface area contributed by atoms with E-state index in [-0.39, 0.29) is 11.1 Å². The molecule has 3 rings (SSSR count). The van der Waals surface area contributed by atoms with Crippen LogP contribution < -0.4 is 20.8 Å². The first-order valence-electron chi connectivity index (χ1n) is 7.23. The fourth-order valence-electron chi connectivity index (χ4n) is 2.76. The second-order valence-corrected chi connectivity index (χ2v) is 6.06. The molecule has 0 amide bonds. The Balaban J connectivity index is 2.50. The summed E-state index contributed by atoms with van der Waals surface area (Å²) in [6, 6.07) is 10.8. The van der Waals surface area contributed by atoms with Gasteiger partial charge >= 0.3 is 0 Å². The molecule has 0 fully saturated rings. The molecule has 1 heterocycles. The van der Waals surface area contributed by atoms with Gasteiger partial charge in [-0.25, -0.2) is 0 Å². The van der Waals surface area contributed by atoms with Gasteiger partial charge in [-0.2, -0.15) is 5.26 Å². The zero-order valence-electron chi connectivity index (χ0n) is 13.5. The van der Waals surface area contributed by atoms with Crippen LogP contribution in [0.15, 0.2) is 39.2 Å². The summed E-state index contributed by atoms with van der Waals surface area (Å²) in [6.07, 6.45) is 0. The van der Waals surface area contributed by atoms with E-state index in [1.165, 1.54) is 7.11 Å². The molecule has 0 spiro atoms. The lowest BCUT2D eigenvalue weighted by atomic mass is 9.96. The molecule has 2 aromatic carbocycles. The summed E-state index contributed by atoms with van der Waals surface area (Å²) in [6.45, 7) is 0. The Bertz CT molecular complexity index is 1080. The molecule has 1 aromatic heterocycles. The van der Waals surface area contributed by atoms with Crippen LogP contribution in [-0.2, 0) is 0 Å². The van der Waals surface area contributed by atoms with E-state index in [1.54, 1.807) is 37.4 Å². The number of fused-ring (bicyclic) bond motifs is 1. The second kappa shape index (κ2) is 6.49. The van der Waals surface area contributed by atoms with Crippen LogP contribution in [0, 0.1) is 16.7 Å². The molecule has 0 saturated carbocycles. The maximum absolute atomic E-state index is 9.57. The zero-order chi connectivity index (χ0) is 18.1. The van der Waals surface area contributed by atoms with Gasteiger partial charge < -0.3 is 19.6 Å². The van der Waals surface area contributed by atoms with Crippen molar-refractivity contribution in [2.45, 2.75) is 0 Å². The summed E-state index contributed by atoms with van der Waals surface area (Å²) in [5.74, 6) is 1.03. The van der Waals surface area contributed by atoms with Gasteiger partial charge in [0.15, 0.2) is 11.5 Å². The molecule has 0 bridgehead atoms. The van der Waals surface area contributed by atoms with E-state index in [0.29, 0.717) is 43.8 Å². The van der Waals surface area contributed by atoms with Crippen molar-refractivity contribution in [1.82, 2.24) is 0 Å². The number of anilines is 1. The van der Waals surface area contributed by atoms with Crippen molar-refractivity contribution in [3.05, 3.63) is 45.9 Å². The molecule has 7 heteroatoms. The predicted molar refractivity (Wildman–Crippen MR) is 97.4 cm³/mol. The first-order chi connectivity index (χ1) is 12.0. The lowest BCUT2D eigenvalue weighted by Crippen LogP contribution is -2.08. The van der Waals surface area contributed by atoms with E-state index >= 15 is 0 Å². The quantitative estimate of drug-likeness (QED) is 0.651. The third-order valence-electron chi connectivity index (χ3n) is 3.83. The van der Waals surface area contributed by atoms with Gasteiger partial charge in [-0.05, 0) is 45.8 Å². The van der Waals surface area contributed by atoms with Gasteiger partial charge in [-0.15, -0.1) is 0 Å². The summed E-state index contributed by atoms with van der Waals surface area (Å²) in [4.78, 5) is 0. The number of nitrogens with one attached hydrogen (secondary N) is 1. The minimum atomic E-state index is -0.221. The molecule has 3 aromatic rings. The summed E-state index contributed by atoms with van der Waals surface area (Å²) in [7, 11) is 3.07. The Morgan fingerprint density at radius 1 is 1.24 bits per heavy atom. The first kappa shape index (κ1) is 16.9.